The first kappa shape index (κ1) is 20.2. The van der Waals surface area contributed by atoms with Gasteiger partial charge in [-0.25, -0.2) is 0 Å². The molecule has 4 rings (SSSR count). The van der Waals surface area contributed by atoms with Gasteiger partial charge < -0.3 is 15.4 Å². The van der Waals surface area contributed by atoms with Crippen molar-refractivity contribution in [1.29, 1.82) is 0 Å². The van der Waals surface area contributed by atoms with Crippen molar-refractivity contribution in [2.45, 2.75) is 39.2 Å². The summed E-state index contributed by atoms with van der Waals surface area (Å²) in [4.78, 5) is 26.0. The van der Waals surface area contributed by atoms with Crippen molar-refractivity contribution in [3.63, 3.8) is 0 Å². The van der Waals surface area contributed by atoms with Gasteiger partial charge in [0.05, 0.1) is 24.5 Å². The summed E-state index contributed by atoms with van der Waals surface area (Å²) in [5.74, 6) is -1.11. The van der Waals surface area contributed by atoms with Crippen molar-refractivity contribution in [3.05, 3.63) is 70.9 Å². The summed E-state index contributed by atoms with van der Waals surface area (Å²) in [5.41, 5.74) is 5.61. The molecule has 2 N–H and O–H groups in total. The fourth-order valence-corrected chi connectivity index (χ4v) is 4.46. The van der Waals surface area contributed by atoms with E-state index in [0.29, 0.717) is 17.9 Å². The first-order chi connectivity index (χ1) is 14.4. The highest BCUT2D eigenvalue weighted by Crippen LogP contribution is 2.43. The number of hydrogen-bond donors (Lipinski definition) is 2. The van der Waals surface area contributed by atoms with Crippen LogP contribution < -0.4 is 10.6 Å². The number of methoxy groups -OCH3 is 1. The van der Waals surface area contributed by atoms with Gasteiger partial charge in [-0.1, -0.05) is 57.2 Å². The molecule has 0 fully saturated rings. The number of esters is 1. The Morgan fingerprint density at radius 3 is 2.37 bits per heavy atom. The van der Waals surface area contributed by atoms with Crippen LogP contribution in [0.3, 0.4) is 0 Å². The van der Waals surface area contributed by atoms with E-state index >= 15 is 0 Å². The molecule has 5 nitrogen and oxygen atoms in total. The summed E-state index contributed by atoms with van der Waals surface area (Å²) in [5, 5.41) is 7.03. The lowest BCUT2D eigenvalue weighted by atomic mass is 9.74. The number of fused-ring (bicyclic) bond motifs is 1. The third-order valence-corrected chi connectivity index (χ3v) is 6.16. The van der Waals surface area contributed by atoms with Crippen molar-refractivity contribution in [1.82, 2.24) is 0 Å². The van der Waals surface area contributed by atoms with Crippen molar-refractivity contribution in [2.75, 3.05) is 17.7 Å². The van der Waals surface area contributed by atoms with Gasteiger partial charge in [-0.05, 0) is 41.5 Å². The Kier molecular flexibility index (Phi) is 5.37. The van der Waals surface area contributed by atoms with Crippen molar-refractivity contribution < 1.29 is 14.3 Å². The van der Waals surface area contributed by atoms with Crippen molar-refractivity contribution in [2.24, 2.45) is 11.8 Å². The Bertz CT molecular complexity index is 1010. The lowest BCUT2D eigenvalue weighted by molar-refractivity contribution is -0.151. The number of ether oxygens (including phenoxy) is 1. The summed E-state index contributed by atoms with van der Waals surface area (Å²) in [6.45, 7) is 6.25. The maximum Gasteiger partial charge on any atom is 0.316 e. The highest BCUT2D eigenvalue weighted by Gasteiger charge is 2.44. The number of allylic oxidation sites excluding steroid dienone is 1. The van der Waals surface area contributed by atoms with E-state index in [9.17, 15) is 9.59 Å². The quantitative estimate of drug-likeness (QED) is 0.554. The molecule has 1 aliphatic heterocycles. The maximum atomic E-state index is 13.6. The number of carbonyl (C=O) groups excluding carboxylic acids is 2. The van der Waals surface area contributed by atoms with Gasteiger partial charge in [-0.3, -0.25) is 9.59 Å². The Balaban J connectivity index is 1.84. The molecular weight excluding hydrogens is 376 g/mol. The van der Waals surface area contributed by atoms with Crippen LogP contribution in [0.25, 0.3) is 0 Å². The van der Waals surface area contributed by atoms with Gasteiger partial charge in [-0.2, -0.15) is 0 Å². The monoisotopic (exact) mass is 404 g/mol. The maximum absolute atomic E-state index is 13.6. The van der Waals surface area contributed by atoms with Crippen molar-refractivity contribution in [3.8, 4) is 0 Å². The molecule has 0 bridgehead atoms. The molecule has 3 atom stereocenters. The zero-order valence-electron chi connectivity index (χ0n) is 17.9. The van der Waals surface area contributed by atoms with Gasteiger partial charge in [0.15, 0.2) is 5.78 Å². The normalized spacial score (nSPS) is 23.1. The van der Waals surface area contributed by atoms with E-state index < -0.39 is 11.9 Å². The SMILES string of the molecule is COC(=O)[C@H]1C(=O)C2=C(C[C@H]1C)Nc1ccccc1N[C@H]2c1ccc(C(C)C)cc1. The lowest BCUT2D eigenvalue weighted by Crippen LogP contribution is -2.39. The minimum Gasteiger partial charge on any atom is -0.468 e. The highest BCUT2D eigenvalue weighted by atomic mass is 16.5. The number of hydrogen-bond acceptors (Lipinski definition) is 5. The van der Waals surface area contributed by atoms with Crippen LogP contribution >= 0.6 is 0 Å². The van der Waals surface area contributed by atoms with Crippen LogP contribution in [0.1, 0.15) is 50.3 Å². The summed E-state index contributed by atoms with van der Waals surface area (Å²) < 4.78 is 4.96. The zero-order valence-corrected chi connectivity index (χ0v) is 17.9. The topological polar surface area (TPSA) is 67.4 Å². The minimum atomic E-state index is -0.781. The van der Waals surface area contributed by atoms with Gasteiger partial charge in [0.2, 0.25) is 0 Å². The largest absolute Gasteiger partial charge is 0.468 e. The number of carbonyl (C=O) groups is 2. The fraction of sp³-hybridized carbons (Fsp3) is 0.360. The first-order valence-corrected chi connectivity index (χ1v) is 10.5. The van der Waals surface area contributed by atoms with E-state index in [1.165, 1.54) is 12.7 Å². The molecule has 0 spiro atoms. The third kappa shape index (κ3) is 3.49. The minimum absolute atomic E-state index is 0.134. The van der Waals surface area contributed by atoms with Gasteiger partial charge in [0.25, 0.3) is 0 Å². The van der Waals surface area contributed by atoms with Crippen molar-refractivity contribution >= 4 is 23.1 Å². The summed E-state index contributed by atoms with van der Waals surface area (Å²) in [6.07, 6.45) is 0.609. The number of para-hydroxylation sites is 2. The van der Waals surface area contributed by atoms with Gasteiger partial charge in [-0.15, -0.1) is 0 Å². The molecular formula is C25H28N2O3. The van der Waals surface area contributed by atoms with E-state index in [2.05, 4.69) is 48.7 Å². The van der Waals surface area contributed by atoms with E-state index in [1.807, 2.05) is 31.2 Å². The van der Waals surface area contributed by atoms with E-state index in [0.717, 1.165) is 22.6 Å². The molecule has 1 heterocycles. The zero-order chi connectivity index (χ0) is 21.4. The Morgan fingerprint density at radius 1 is 1.07 bits per heavy atom. The second kappa shape index (κ2) is 7.98. The second-order valence-electron chi connectivity index (χ2n) is 8.51. The number of benzene rings is 2. The molecule has 0 saturated heterocycles. The second-order valence-corrected chi connectivity index (χ2v) is 8.51. The highest BCUT2D eigenvalue weighted by molar-refractivity contribution is 6.11. The molecule has 0 unspecified atom stereocenters. The molecule has 0 radical (unpaired) electrons. The lowest BCUT2D eigenvalue weighted by Gasteiger charge is -2.32. The summed E-state index contributed by atoms with van der Waals surface area (Å²) >= 11 is 0. The molecule has 2 aromatic rings. The van der Waals surface area contributed by atoms with Gasteiger partial charge >= 0.3 is 5.97 Å². The number of ketones is 1. The molecule has 0 aromatic heterocycles. The molecule has 0 amide bonds. The molecule has 156 valence electrons. The van der Waals surface area contributed by atoms with E-state index in [1.54, 1.807) is 0 Å². The predicted molar refractivity (Wildman–Crippen MR) is 118 cm³/mol. The van der Waals surface area contributed by atoms with Crippen LogP contribution in [0, 0.1) is 11.8 Å². The fourth-order valence-electron chi connectivity index (χ4n) is 4.46. The van der Waals surface area contributed by atoms with Crippen LogP contribution in [0.5, 0.6) is 0 Å². The van der Waals surface area contributed by atoms with Crippen LogP contribution in [0.15, 0.2) is 59.8 Å². The number of anilines is 2. The number of Topliss-reactive ketones (excluding diaryl/α,β-unsaturated/α-hetero) is 1. The Hall–Kier alpha value is -3.08. The molecule has 1 aliphatic carbocycles. The molecule has 30 heavy (non-hydrogen) atoms. The molecule has 2 aromatic carbocycles. The smallest absolute Gasteiger partial charge is 0.316 e. The van der Waals surface area contributed by atoms with Crippen LogP contribution in [0.4, 0.5) is 11.4 Å². The standard InChI is InChI=1S/C25H28N2O3/c1-14(2)16-9-11-17(12-10-16)23-22-20(26-18-7-5-6-8-19(18)27-23)13-15(3)21(24(22)28)25(29)30-4/h5-12,14-15,21,23,26-27H,13H2,1-4H3/t15-,21-,23+/m1/s1. The molecule has 0 saturated carbocycles. The van der Waals surface area contributed by atoms with Crippen LogP contribution in [0.2, 0.25) is 0 Å². The Labute approximate surface area is 177 Å². The number of nitrogens with one attached hydrogen (secondary N) is 2. The number of rotatable bonds is 3. The van der Waals surface area contributed by atoms with E-state index in [4.69, 9.17) is 4.74 Å². The first-order valence-electron chi connectivity index (χ1n) is 10.5. The molecule has 2 aliphatic rings. The summed E-state index contributed by atoms with van der Waals surface area (Å²) in [7, 11) is 1.34. The summed E-state index contributed by atoms with van der Waals surface area (Å²) in [6, 6.07) is 16.0. The van der Waals surface area contributed by atoms with E-state index in [-0.39, 0.29) is 17.7 Å². The van der Waals surface area contributed by atoms with Crippen LogP contribution in [-0.4, -0.2) is 18.9 Å². The van der Waals surface area contributed by atoms with Gasteiger partial charge in [0.1, 0.15) is 5.92 Å². The Morgan fingerprint density at radius 2 is 1.73 bits per heavy atom. The molecule has 5 heteroatoms. The third-order valence-electron chi connectivity index (χ3n) is 6.16. The average Bonchev–Trinajstić information content (AvgIpc) is 2.90. The average molecular weight is 405 g/mol. The van der Waals surface area contributed by atoms with Crippen LogP contribution in [-0.2, 0) is 14.3 Å². The predicted octanol–water partition coefficient (Wildman–Crippen LogP) is 5.04. The van der Waals surface area contributed by atoms with Gasteiger partial charge in [0, 0.05) is 11.3 Å².